The minimum absolute atomic E-state index is 0.0688. The molecule has 0 spiro atoms. The van der Waals surface area contributed by atoms with Gasteiger partial charge in [-0.2, -0.15) is 4.91 Å². The summed E-state index contributed by atoms with van der Waals surface area (Å²) in [6, 6.07) is 4.45. The van der Waals surface area contributed by atoms with Gasteiger partial charge in [0, 0.05) is 6.07 Å². The van der Waals surface area contributed by atoms with Gasteiger partial charge >= 0.3 is 0 Å². The van der Waals surface area contributed by atoms with Gasteiger partial charge in [0.1, 0.15) is 12.1 Å². The number of benzene rings is 1. The quantitative estimate of drug-likeness (QED) is 0.328. The molecular formula is C10H8N2O3. The molecule has 0 saturated heterocycles. The topological polar surface area (TPSA) is 72.6 Å². The van der Waals surface area contributed by atoms with Crippen LogP contribution in [0.3, 0.4) is 0 Å². The Balaban J connectivity index is 3.24. The molecule has 0 atom stereocenters. The third-order valence-corrected chi connectivity index (χ3v) is 1.77. The molecule has 0 aliphatic heterocycles. The van der Waals surface area contributed by atoms with Crippen molar-refractivity contribution in [2.75, 3.05) is 0 Å². The molecule has 1 rings (SSSR count). The molecule has 0 aromatic heterocycles. The van der Waals surface area contributed by atoms with Crippen molar-refractivity contribution in [3.8, 4) is 11.8 Å². The van der Waals surface area contributed by atoms with Crippen molar-refractivity contribution in [1.29, 1.82) is 0 Å². The van der Waals surface area contributed by atoms with Crippen LogP contribution in [-0.2, 0) is 6.54 Å². The Morgan fingerprint density at radius 3 is 2.80 bits per heavy atom. The van der Waals surface area contributed by atoms with Crippen LogP contribution in [0.25, 0.3) is 0 Å². The Morgan fingerprint density at radius 1 is 1.53 bits per heavy atom. The zero-order valence-electron chi connectivity index (χ0n) is 8.06. The molecule has 0 bridgehead atoms. The first-order valence-electron chi connectivity index (χ1n) is 4.18. The Hall–Kier alpha value is -2.22. The van der Waals surface area contributed by atoms with Crippen molar-refractivity contribution in [1.82, 2.24) is 0 Å². The highest BCUT2D eigenvalue weighted by molar-refractivity contribution is 5.52. The zero-order valence-corrected chi connectivity index (χ0v) is 8.06. The number of hydrogen-bond acceptors (Lipinski definition) is 4. The standard InChI is InChI=1S/C10H8N2O3/c1-2-3-9-5-4-8(7-11-13)6-10(9)12(14)15/h4-6H,7H2,1H3. The molecule has 1 aromatic rings. The van der Waals surface area contributed by atoms with Gasteiger partial charge in [0.05, 0.1) is 4.92 Å². The fraction of sp³-hybridized carbons (Fsp3) is 0.200. The summed E-state index contributed by atoms with van der Waals surface area (Å²) in [6.45, 7) is 1.53. The Kier molecular flexibility index (Phi) is 3.52. The lowest BCUT2D eigenvalue weighted by atomic mass is 10.1. The summed E-state index contributed by atoms with van der Waals surface area (Å²) in [5.74, 6) is 5.22. The van der Waals surface area contributed by atoms with Gasteiger partial charge in [-0.3, -0.25) is 10.1 Å². The lowest BCUT2D eigenvalue weighted by molar-refractivity contribution is -0.385. The number of nitro groups is 1. The predicted molar refractivity (Wildman–Crippen MR) is 55.1 cm³/mol. The second-order valence-electron chi connectivity index (χ2n) is 2.77. The van der Waals surface area contributed by atoms with Gasteiger partial charge in [-0.1, -0.05) is 17.2 Å². The van der Waals surface area contributed by atoms with Crippen molar-refractivity contribution < 1.29 is 4.92 Å². The predicted octanol–water partition coefficient (Wildman–Crippen LogP) is 2.23. The molecule has 0 saturated carbocycles. The van der Waals surface area contributed by atoms with Gasteiger partial charge in [0.2, 0.25) is 0 Å². The average molecular weight is 204 g/mol. The van der Waals surface area contributed by atoms with E-state index in [4.69, 9.17) is 0 Å². The maximum Gasteiger partial charge on any atom is 0.285 e. The summed E-state index contributed by atoms with van der Waals surface area (Å²) in [5.41, 5.74) is 0.765. The first-order valence-corrected chi connectivity index (χ1v) is 4.18. The average Bonchev–Trinajstić information content (AvgIpc) is 2.21. The lowest BCUT2D eigenvalue weighted by Crippen LogP contribution is -1.94. The monoisotopic (exact) mass is 204 g/mol. The zero-order chi connectivity index (χ0) is 11.3. The first-order chi connectivity index (χ1) is 7.19. The van der Waals surface area contributed by atoms with E-state index in [1.807, 2.05) is 0 Å². The van der Waals surface area contributed by atoms with Gasteiger partial charge in [-0.25, -0.2) is 0 Å². The molecule has 0 N–H and O–H groups in total. The number of nitroso groups, excluding NO2 is 1. The largest absolute Gasteiger partial charge is 0.285 e. The van der Waals surface area contributed by atoms with Crippen molar-refractivity contribution in [3.05, 3.63) is 44.3 Å². The van der Waals surface area contributed by atoms with Crippen LogP contribution in [0, 0.1) is 26.9 Å². The third kappa shape index (κ3) is 2.61. The molecule has 0 heterocycles. The van der Waals surface area contributed by atoms with Crippen LogP contribution >= 0.6 is 0 Å². The van der Waals surface area contributed by atoms with Crippen LogP contribution in [0.2, 0.25) is 0 Å². The SMILES string of the molecule is CC#Cc1ccc(CN=O)cc1[N+](=O)[O-]. The van der Waals surface area contributed by atoms with Crippen molar-refractivity contribution in [3.63, 3.8) is 0 Å². The second kappa shape index (κ2) is 4.86. The molecule has 5 heteroatoms. The number of rotatable bonds is 3. The van der Waals surface area contributed by atoms with E-state index in [-0.39, 0.29) is 12.2 Å². The van der Waals surface area contributed by atoms with Crippen LogP contribution in [0.15, 0.2) is 23.4 Å². The molecule has 0 fully saturated rings. The summed E-state index contributed by atoms with van der Waals surface area (Å²) < 4.78 is 0. The Morgan fingerprint density at radius 2 is 2.27 bits per heavy atom. The van der Waals surface area contributed by atoms with Gasteiger partial charge in [0.25, 0.3) is 5.69 Å². The first kappa shape index (κ1) is 10.9. The molecular weight excluding hydrogens is 196 g/mol. The van der Waals surface area contributed by atoms with Crippen molar-refractivity contribution in [2.24, 2.45) is 5.18 Å². The summed E-state index contributed by atoms with van der Waals surface area (Å²) in [7, 11) is 0. The maximum atomic E-state index is 10.7. The molecule has 5 nitrogen and oxygen atoms in total. The molecule has 0 radical (unpaired) electrons. The summed E-state index contributed by atoms with van der Waals surface area (Å²) in [6.07, 6.45) is 0. The number of hydrogen-bond donors (Lipinski definition) is 0. The van der Waals surface area contributed by atoms with E-state index >= 15 is 0 Å². The van der Waals surface area contributed by atoms with E-state index in [2.05, 4.69) is 17.0 Å². The van der Waals surface area contributed by atoms with E-state index in [1.54, 1.807) is 13.0 Å². The van der Waals surface area contributed by atoms with Gasteiger partial charge in [-0.05, 0) is 18.6 Å². The van der Waals surface area contributed by atoms with Gasteiger partial charge < -0.3 is 0 Å². The molecule has 0 aliphatic rings. The lowest BCUT2D eigenvalue weighted by Gasteiger charge is -1.98. The minimum Gasteiger partial charge on any atom is -0.258 e. The molecule has 76 valence electrons. The highest BCUT2D eigenvalue weighted by Crippen LogP contribution is 2.19. The van der Waals surface area contributed by atoms with E-state index in [0.717, 1.165) is 0 Å². The fourth-order valence-corrected chi connectivity index (χ4v) is 1.14. The summed E-state index contributed by atoms with van der Waals surface area (Å²) in [5, 5.41) is 13.4. The maximum absolute atomic E-state index is 10.7. The minimum atomic E-state index is -0.520. The molecule has 0 amide bonds. The van der Waals surface area contributed by atoms with Crippen LogP contribution in [0.1, 0.15) is 18.1 Å². The van der Waals surface area contributed by atoms with Gasteiger partial charge in [0.15, 0.2) is 0 Å². The highest BCUT2D eigenvalue weighted by atomic mass is 16.6. The Bertz CT molecular complexity index is 457. The summed E-state index contributed by atoms with van der Waals surface area (Å²) >= 11 is 0. The summed E-state index contributed by atoms with van der Waals surface area (Å²) in [4.78, 5) is 20.2. The van der Waals surface area contributed by atoms with Crippen LogP contribution in [0.4, 0.5) is 5.69 Å². The number of nitro benzene ring substituents is 1. The van der Waals surface area contributed by atoms with E-state index < -0.39 is 4.92 Å². The van der Waals surface area contributed by atoms with Crippen LogP contribution in [-0.4, -0.2) is 4.92 Å². The molecule has 0 aliphatic carbocycles. The smallest absolute Gasteiger partial charge is 0.258 e. The van der Waals surface area contributed by atoms with E-state index in [0.29, 0.717) is 11.1 Å². The fourth-order valence-electron chi connectivity index (χ4n) is 1.14. The second-order valence-corrected chi connectivity index (χ2v) is 2.77. The van der Waals surface area contributed by atoms with Crippen LogP contribution in [0.5, 0.6) is 0 Å². The normalized spacial score (nSPS) is 8.87. The molecule has 1 aromatic carbocycles. The molecule has 15 heavy (non-hydrogen) atoms. The van der Waals surface area contributed by atoms with Gasteiger partial charge in [-0.15, -0.1) is 5.92 Å². The van der Waals surface area contributed by atoms with E-state index in [1.165, 1.54) is 12.1 Å². The van der Waals surface area contributed by atoms with Crippen molar-refractivity contribution >= 4 is 5.69 Å². The molecule has 0 unspecified atom stereocenters. The van der Waals surface area contributed by atoms with Crippen LogP contribution < -0.4 is 0 Å². The Labute approximate surface area is 86.2 Å². The third-order valence-electron chi connectivity index (χ3n) is 1.77. The van der Waals surface area contributed by atoms with E-state index in [9.17, 15) is 15.0 Å². The number of nitrogens with zero attached hydrogens (tertiary/aromatic N) is 2. The van der Waals surface area contributed by atoms with Crippen molar-refractivity contribution in [2.45, 2.75) is 13.5 Å². The highest BCUT2D eigenvalue weighted by Gasteiger charge is 2.12.